The lowest BCUT2D eigenvalue weighted by atomic mass is 9.95. The van der Waals surface area contributed by atoms with Crippen molar-refractivity contribution in [3.63, 3.8) is 0 Å². The predicted molar refractivity (Wildman–Crippen MR) is 123 cm³/mol. The van der Waals surface area contributed by atoms with Crippen molar-refractivity contribution in [2.45, 2.75) is 19.4 Å². The summed E-state index contributed by atoms with van der Waals surface area (Å²) in [5.74, 6) is 0.995. The number of nitrogens with zero attached hydrogens (tertiary/aromatic N) is 5. The molecule has 2 aliphatic rings. The van der Waals surface area contributed by atoms with Crippen LogP contribution in [0.5, 0.6) is 0 Å². The molecule has 7 heteroatoms. The van der Waals surface area contributed by atoms with Crippen molar-refractivity contribution in [3.05, 3.63) is 66.2 Å². The summed E-state index contributed by atoms with van der Waals surface area (Å²) in [7, 11) is 0. The molecule has 0 saturated carbocycles. The van der Waals surface area contributed by atoms with E-state index in [0.717, 1.165) is 64.2 Å². The molecule has 166 valence electrons. The number of carbonyl (C=O) groups is 1. The van der Waals surface area contributed by atoms with Gasteiger partial charge in [0.1, 0.15) is 0 Å². The van der Waals surface area contributed by atoms with Crippen molar-refractivity contribution in [3.8, 4) is 11.4 Å². The second kappa shape index (κ2) is 9.53. The van der Waals surface area contributed by atoms with Gasteiger partial charge in [0.2, 0.25) is 11.7 Å². The maximum Gasteiger partial charge on any atom is 0.324 e. The molecule has 5 rings (SSSR count). The minimum absolute atomic E-state index is 0.0865. The summed E-state index contributed by atoms with van der Waals surface area (Å²) in [6.07, 6.45) is 1.65. The quantitative estimate of drug-likeness (QED) is 0.618. The smallest absolute Gasteiger partial charge is 0.324 e. The fourth-order valence-corrected chi connectivity index (χ4v) is 4.59. The van der Waals surface area contributed by atoms with Crippen LogP contribution in [0.15, 0.2) is 65.2 Å². The van der Waals surface area contributed by atoms with Gasteiger partial charge in [-0.2, -0.15) is 4.98 Å². The van der Waals surface area contributed by atoms with E-state index in [9.17, 15) is 4.79 Å². The minimum Gasteiger partial charge on any atom is -0.340 e. The summed E-state index contributed by atoms with van der Waals surface area (Å²) < 4.78 is 5.50. The number of amides is 1. The van der Waals surface area contributed by atoms with Crippen LogP contribution in [-0.2, 0) is 11.3 Å². The Labute approximate surface area is 188 Å². The molecule has 0 aliphatic carbocycles. The summed E-state index contributed by atoms with van der Waals surface area (Å²) in [5, 5.41) is 4.12. The van der Waals surface area contributed by atoms with Crippen molar-refractivity contribution in [1.29, 1.82) is 0 Å². The van der Waals surface area contributed by atoms with E-state index in [1.165, 1.54) is 5.56 Å². The van der Waals surface area contributed by atoms with E-state index >= 15 is 0 Å². The van der Waals surface area contributed by atoms with E-state index < -0.39 is 0 Å². The monoisotopic (exact) mass is 431 g/mol. The van der Waals surface area contributed by atoms with Gasteiger partial charge in [-0.3, -0.25) is 9.69 Å². The SMILES string of the molecule is O=C(C1CCN(c2nc(-c3ccccc3)no2)CC1)N1CCN(Cc2ccccc2)CC1. The highest BCUT2D eigenvalue weighted by Gasteiger charge is 2.31. The van der Waals surface area contributed by atoms with Crippen LogP contribution in [-0.4, -0.2) is 65.1 Å². The Balaban J connectivity index is 1.10. The average Bonchev–Trinajstić information content (AvgIpc) is 3.36. The van der Waals surface area contributed by atoms with E-state index in [-0.39, 0.29) is 5.92 Å². The lowest BCUT2D eigenvalue weighted by molar-refractivity contribution is -0.138. The number of aromatic nitrogens is 2. The van der Waals surface area contributed by atoms with Gasteiger partial charge in [-0.15, -0.1) is 0 Å². The Morgan fingerprint density at radius 3 is 2.22 bits per heavy atom. The first-order valence-corrected chi connectivity index (χ1v) is 11.5. The van der Waals surface area contributed by atoms with Crippen LogP contribution in [0, 0.1) is 5.92 Å². The molecule has 0 radical (unpaired) electrons. The standard InChI is InChI=1S/C25H29N5O2/c31-24(29-17-15-28(16-18-29)19-20-7-3-1-4-8-20)22-11-13-30(14-12-22)25-26-23(27-32-25)21-9-5-2-6-10-21/h1-10,22H,11-19H2. The van der Waals surface area contributed by atoms with Gasteiger partial charge in [-0.1, -0.05) is 65.8 Å². The zero-order chi connectivity index (χ0) is 21.8. The summed E-state index contributed by atoms with van der Waals surface area (Å²) in [4.78, 5) is 24.2. The number of hydrogen-bond acceptors (Lipinski definition) is 6. The van der Waals surface area contributed by atoms with Crippen molar-refractivity contribution in [2.24, 2.45) is 5.92 Å². The van der Waals surface area contributed by atoms with Crippen LogP contribution in [0.2, 0.25) is 0 Å². The number of rotatable bonds is 5. The Bertz CT molecular complexity index is 1010. The fourth-order valence-electron chi connectivity index (χ4n) is 4.59. The van der Waals surface area contributed by atoms with Crippen LogP contribution in [0.25, 0.3) is 11.4 Å². The molecular weight excluding hydrogens is 402 g/mol. The molecule has 0 bridgehead atoms. The molecule has 32 heavy (non-hydrogen) atoms. The third kappa shape index (κ3) is 4.67. The highest BCUT2D eigenvalue weighted by atomic mass is 16.5. The van der Waals surface area contributed by atoms with Crippen LogP contribution in [0.1, 0.15) is 18.4 Å². The maximum absolute atomic E-state index is 13.1. The van der Waals surface area contributed by atoms with Gasteiger partial charge in [-0.25, -0.2) is 0 Å². The van der Waals surface area contributed by atoms with Gasteiger partial charge >= 0.3 is 6.01 Å². The number of piperidine rings is 1. The van der Waals surface area contributed by atoms with Gasteiger partial charge in [0, 0.05) is 57.3 Å². The van der Waals surface area contributed by atoms with E-state index in [1.807, 2.05) is 36.4 Å². The molecule has 2 aromatic carbocycles. The molecule has 2 saturated heterocycles. The highest BCUT2D eigenvalue weighted by Crippen LogP contribution is 2.26. The zero-order valence-electron chi connectivity index (χ0n) is 18.3. The van der Waals surface area contributed by atoms with Gasteiger partial charge in [-0.05, 0) is 18.4 Å². The topological polar surface area (TPSA) is 65.7 Å². The van der Waals surface area contributed by atoms with Crippen LogP contribution in [0.4, 0.5) is 6.01 Å². The Morgan fingerprint density at radius 1 is 0.875 bits per heavy atom. The summed E-state index contributed by atoms with van der Waals surface area (Å²) >= 11 is 0. The molecule has 3 heterocycles. The second-order valence-corrected chi connectivity index (χ2v) is 8.61. The Morgan fingerprint density at radius 2 is 1.53 bits per heavy atom. The number of piperazine rings is 1. The van der Waals surface area contributed by atoms with Crippen LogP contribution in [0.3, 0.4) is 0 Å². The van der Waals surface area contributed by atoms with Gasteiger partial charge in [0.15, 0.2) is 0 Å². The molecule has 2 aliphatic heterocycles. The van der Waals surface area contributed by atoms with Crippen LogP contribution < -0.4 is 4.90 Å². The van der Waals surface area contributed by atoms with E-state index in [0.29, 0.717) is 17.7 Å². The van der Waals surface area contributed by atoms with E-state index in [4.69, 9.17) is 4.52 Å². The van der Waals surface area contributed by atoms with Crippen molar-refractivity contribution >= 4 is 11.9 Å². The predicted octanol–water partition coefficient (Wildman–Crippen LogP) is 3.30. The fraction of sp³-hybridized carbons (Fsp3) is 0.400. The second-order valence-electron chi connectivity index (χ2n) is 8.61. The van der Waals surface area contributed by atoms with Gasteiger partial charge in [0.25, 0.3) is 0 Å². The first-order valence-electron chi connectivity index (χ1n) is 11.5. The summed E-state index contributed by atoms with van der Waals surface area (Å²) in [5.41, 5.74) is 2.27. The number of benzene rings is 2. The van der Waals surface area contributed by atoms with Crippen LogP contribution >= 0.6 is 0 Å². The Kier molecular flexibility index (Phi) is 6.16. The third-order valence-corrected chi connectivity index (χ3v) is 6.49. The number of carbonyl (C=O) groups excluding carboxylic acids is 1. The number of hydrogen-bond donors (Lipinski definition) is 0. The highest BCUT2D eigenvalue weighted by molar-refractivity contribution is 5.79. The first-order chi connectivity index (χ1) is 15.8. The zero-order valence-corrected chi connectivity index (χ0v) is 18.3. The van der Waals surface area contributed by atoms with E-state index in [1.54, 1.807) is 0 Å². The third-order valence-electron chi connectivity index (χ3n) is 6.49. The molecule has 0 spiro atoms. The molecule has 0 unspecified atom stereocenters. The van der Waals surface area contributed by atoms with Crippen molar-refractivity contribution < 1.29 is 9.32 Å². The summed E-state index contributed by atoms with van der Waals surface area (Å²) in [6, 6.07) is 20.9. The Hall–Kier alpha value is -3.19. The molecule has 7 nitrogen and oxygen atoms in total. The molecule has 1 amide bonds. The largest absolute Gasteiger partial charge is 0.340 e. The van der Waals surface area contributed by atoms with Gasteiger partial charge < -0.3 is 14.3 Å². The van der Waals surface area contributed by atoms with Gasteiger partial charge in [0.05, 0.1) is 0 Å². The summed E-state index contributed by atoms with van der Waals surface area (Å²) in [6.45, 7) is 5.98. The molecular formula is C25H29N5O2. The molecule has 3 aromatic rings. The lowest BCUT2D eigenvalue weighted by Crippen LogP contribution is -2.51. The average molecular weight is 432 g/mol. The van der Waals surface area contributed by atoms with Crippen molar-refractivity contribution in [2.75, 3.05) is 44.2 Å². The maximum atomic E-state index is 13.1. The molecule has 0 atom stereocenters. The molecule has 0 N–H and O–H groups in total. The molecule has 2 fully saturated rings. The molecule has 1 aromatic heterocycles. The normalized spacial score (nSPS) is 18.1. The number of anilines is 1. The van der Waals surface area contributed by atoms with Crippen molar-refractivity contribution in [1.82, 2.24) is 19.9 Å². The first kappa shape index (κ1) is 20.7. The lowest BCUT2D eigenvalue weighted by Gasteiger charge is -2.38. The van der Waals surface area contributed by atoms with E-state index in [2.05, 4.69) is 49.1 Å². The minimum atomic E-state index is 0.0865.